The van der Waals surface area contributed by atoms with Crippen molar-refractivity contribution in [2.24, 2.45) is 5.92 Å². The normalized spacial score (nSPS) is 16.7. The maximum atomic E-state index is 13.9. The number of nitrogens with zero attached hydrogens (tertiary/aromatic N) is 4. The Morgan fingerprint density at radius 1 is 1.17 bits per heavy atom. The molecular formula is C21H19F3N4O. The molecule has 1 fully saturated rings. The molecule has 3 heterocycles. The molecule has 1 amide bonds. The fourth-order valence-electron chi connectivity index (χ4n) is 3.99. The molecule has 1 saturated carbocycles. The van der Waals surface area contributed by atoms with Crippen LogP contribution in [-0.4, -0.2) is 27.6 Å². The van der Waals surface area contributed by atoms with Crippen LogP contribution in [0.15, 0.2) is 30.3 Å². The van der Waals surface area contributed by atoms with E-state index in [4.69, 9.17) is 0 Å². The molecule has 0 atom stereocenters. The summed E-state index contributed by atoms with van der Waals surface area (Å²) in [6.07, 6.45) is -0.886. The first kappa shape index (κ1) is 18.1. The molecule has 29 heavy (non-hydrogen) atoms. The first-order valence-corrected chi connectivity index (χ1v) is 9.67. The van der Waals surface area contributed by atoms with Crippen molar-refractivity contribution in [3.63, 3.8) is 0 Å². The molecule has 5 rings (SSSR count). The average molecular weight is 400 g/mol. The van der Waals surface area contributed by atoms with Gasteiger partial charge in [-0.15, -0.1) is 5.10 Å². The van der Waals surface area contributed by atoms with Gasteiger partial charge < -0.3 is 4.90 Å². The molecule has 1 aliphatic heterocycles. The number of hydrogen-bond acceptors (Lipinski definition) is 3. The third-order valence-electron chi connectivity index (χ3n) is 5.78. The summed E-state index contributed by atoms with van der Waals surface area (Å²) in [5.74, 6) is 0.754. The highest BCUT2D eigenvalue weighted by Gasteiger charge is 2.38. The predicted octanol–water partition coefficient (Wildman–Crippen LogP) is 4.28. The highest BCUT2D eigenvalue weighted by atomic mass is 19.4. The molecule has 0 radical (unpaired) electrons. The summed E-state index contributed by atoms with van der Waals surface area (Å²) in [6.45, 7) is 0. The number of aryl methyl sites for hydroxylation is 1. The van der Waals surface area contributed by atoms with E-state index in [1.54, 1.807) is 36.2 Å². The number of pyridine rings is 1. The average Bonchev–Trinajstić information content (AvgIpc) is 3.33. The molecule has 150 valence electrons. The van der Waals surface area contributed by atoms with Crippen LogP contribution in [0, 0.1) is 5.92 Å². The lowest BCUT2D eigenvalue weighted by atomic mass is 10.1. The van der Waals surface area contributed by atoms with Crippen molar-refractivity contribution in [2.75, 3.05) is 11.9 Å². The molecule has 0 bridgehead atoms. The van der Waals surface area contributed by atoms with Gasteiger partial charge in [-0.1, -0.05) is 18.9 Å². The lowest BCUT2D eigenvalue weighted by molar-refractivity contribution is -0.143. The molecule has 0 saturated heterocycles. The van der Waals surface area contributed by atoms with Gasteiger partial charge in [-0.05, 0) is 54.2 Å². The Morgan fingerprint density at radius 3 is 2.69 bits per heavy atom. The van der Waals surface area contributed by atoms with Crippen molar-refractivity contribution in [3.8, 4) is 11.4 Å². The molecule has 2 aliphatic rings. The summed E-state index contributed by atoms with van der Waals surface area (Å²) in [7, 11) is 1.70. The van der Waals surface area contributed by atoms with Crippen molar-refractivity contribution in [1.29, 1.82) is 0 Å². The van der Waals surface area contributed by atoms with Crippen LogP contribution >= 0.6 is 0 Å². The summed E-state index contributed by atoms with van der Waals surface area (Å²) < 4.78 is 42.5. The Balaban J connectivity index is 1.58. The third kappa shape index (κ3) is 3.16. The fraction of sp³-hybridized carbons (Fsp3) is 0.381. The number of halogens is 3. The molecular weight excluding hydrogens is 381 g/mol. The van der Waals surface area contributed by atoms with Crippen molar-refractivity contribution < 1.29 is 18.0 Å². The van der Waals surface area contributed by atoms with Gasteiger partial charge in [0.15, 0.2) is 17.2 Å². The minimum atomic E-state index is -4.52. The first-order chi connectivity index (χ1) is 13.8. The largest absolute Gasteiger partial charge is 0.433 e. The lowest BCUT2D eigenvalue weighted by Gasteiger charge is -2.13. The van der Waals surface area contributed by atoms with E-state index in [0.29, 0.717) is 17.9 Å². The van der Waals surface area contributed by atoms with E-state index in [2.05, 4.69) is 10.1 Å². The highest BCUT2D eigenvalue weighted by molar-refractivity contribution is 6.01. The molecule has 5 nitrogen and oxygen atoms in total. The highest BCUT2D eigenvalue weighted by Crippen LogP contribution is 2.38. The number of hydrogen-bond donors (Lipinski definition) is 0. The van der Waals surface area contributed by atoms with Gasteiger partial charge in [0, 0.05) is 18.3 Å². The quantitative estimate of drug-likeness (QED) is 0.657. The Morgan fingerprint density at radius 2 is 1.97 bits per heavy atom. The van der Waals surface area contributed by atoms with Crippen LogP contribution in [0.25, 0.3) is 17.0 Å². The second-order valence-corrected chi connectivity index (χ2v) is 7.87. The molecule has 0 spiro atoms. The van der Waals surface area contributed by atoms with E-state index in [-0.39, 0.29) is 29.4 Å². The molecule has 0 unspecified atom stereocenters. The predicted molar refractivity (Wildman–Crippen MR) is 102 cm³/mol. The second kappa shape index (κ2) is 6.30. The number of amides is 1. The summed E-state index contributed by atoms with van der Waals surface area (Å²) in [6, 6.07) is 8.43. The van der Waals surface area contributed by atoms with Crippen LogP contribution < -0.4 is 4.90 Å². The second-order valence-electron chi connectivity index (χ2n) is 7.87. The Bertz CT molecular complexity index is 1130. The summed E-state index contributed by atoms with van der Waals surface area (Å²) in [5, 5.41) is 4.20. The number of rotatable bonds is 4. The number of likely N-dealkylation sites (N-methyl/N-ethyl adjacent to an activating group) is 1. The molecule has 1 aliphatic carbocycles. The Hall–Kier alpha value is -2.90. The van der Waals surface area contributed by atoms with Gasteiger partial charge >= 0.3 is 6.18 Å². The van der Waals surface area contributed by atoms with Gasteiger partial charge in [-0.2, -0.15) is 13.2 Å². The zero-order valence-electron chi connectivity index (χ0n) is 15.8. The number of benzene rings is 1. The van der Waals surface area contributed by atoms with E-state index in [1.165, 1.54) is 6.07 Å². The van der Waals surface area contributed by atoms with E-state index < -0.39 is 11.9 Å². The minimum absolute atomic E-state index is 0.0141. The van der Waals surface area contributed by atoms with Gasteiger partial charge in [0.1, 0.15) is 0 Å². The lowest BCUT2D eigenvalue weighted by Crippen LogP contribution is -2.20. The van der Waals surface area contributed by atoms with Gasteiger partial charge in [0.25, 0.3) is 0 Å². The maximum Gasteiger partial charge on any atom is 0.433 e. The molecule has 3 aromatic rings. The van der Waals surface area contributed by atoms with Crippen molar-refractivity contribution in [2.45, 2.75) is 38.3 Å². The smallest absolute Gasteiger partial charge is 0.315 e. The number of alkyl halides is 3. The monoisotopic (exact) mass is 400 g/mol. The van der Waals surface area contributed by atoms with Crippen LogP contribution in [0.3, 0.4) is 0 Å². The van der Waals surface area contributed by atoms with Gasteiger partial charge in [0.05, 0.1) is 6.42 Å². The van der Waals surface area contributed by atoms with E-state index in [0.717, 1.165) is 35.0 Å². The molecule has 1 aromatic carbocycles. The molecule has 0 N–H and O–H groups in total. The van der Waals surface area contributed by atoms with E-state index in [1.807, 2.05) is 0 Å². The van der Waals surface area contributed by atoms with Crippen LogP contribution in [0.5, 0.6) is 0 Å². The topological polar surface area (TPSA) is 50.5 Å². The minimum Gasteiger partial charge on any atom is -0.315 e. The van der Waals surface area contributed by atoms with E-state index >= 15 is 0 Å². The van der Waals surface area contributed by atoms with Gasteiger partial charge in [-0.25, -0.2) is 9.50 Å². The molecule has 2 aromatic heterocycles. The van der Waals surface area contributed by atoms with Crippen molar-refractivity contribution >= 4 is 17.2 Å². The van der Waals surface area contributed by atoms with Crippen molar-refractivity contribution in [3.05, 3.63) is 47.2 Å². The van der Waals surface area contributed by atoms with Crippen LogP contribution in [0.2, 0.25) is 0 Å². The summed E-state index contributed by atoms with van der Waals surface area (Å²) in [5.41, 5.74) is 1.91. The number of anilines is 1. The van der Waals surface area contributed by atoms with Crippen LogP contribution in [0.4, 0.5) is 18.9 Å². The first-order valence-electron chi connectivity index (χ1n) is 9.67. The SMILES string of the molecule is CN1C(=O)Cc2cc(-c3nc4ccc(CCC5CC5)c(C(F)(F)F)n4n3)ccc21. The number of fused-ring (bicyclic) bond motifs is 2. The number of carbonyl (C=O) groups excluding carboxylic acids is 1. The maximum absolute atomic E-state index is 13.9. The Kier molecular flexibility index (Phi) is 3.94. The standard InChI is InChI=1S/C21H19F3N4O/c1-27-16-8-6-14(10-15(16)11-18(27)29)20-25-17-9-7-13(5-4-12-2-3-12)19(21(22,23)24)28(17)26-20/h6-10,12H,2-5,11H2,1H3. The summed E-state index contributed by atoms with van der Waals surface area (Å²) >= 11 is 0. The van der Waals surface area contributed by atoms with Crippen molar-refractivity contribution in [1.82, 2.24) is 14.6 Å². The Labute approximate surface area is 165 Å². The van der Waals surface area contributed by atoms with Gasteiger partial charge in [0.2, 0.25) is 5.91 Å². The van der Waals surface area contributed by atoms with Crippen LogP contribution in [0.1, 0.15) is 36.1 Å². The summed E-state index contributed by atoms with van der Waals surface area (Å²) in [4.78, 5) is 17.8. The zero-order chi connectivity index (χ0) is 20.3. The fourth-order valence-corrected chi connectivity index (χ4v) is 3.99. The van der Waals surface area contributed by atoms with Gasteiger partial charge in [-0.3, -0.25) is 4.79 Å². The number of carbonyl (C=O) groups is 1. The zero-order valence-corrected chi connectivity index (χ0v) is 15.8. The van der Waals surface area contributed by atoms with E-state index in [9.17, 15) is 18.0 Å². The number of aromatic nitrogens is 3. The third-order valence-corrected chi connectivity index (χ3v) is 5.78. The molecule has 8 heteroatoms. The van der Waals surface area contributed by atoms with Crippen LogP contribution in [-0.2, 0) is 23.8 Å².